The first-order chi connectivity index (χ1) is 5.24. The van der Waals surface area contributed by atoms with Gasteiger partial charge in [0.25, 0.3) is 0 Å². The molecule has 0 heterocycles. The third-order valence-electron chi connectivity index (χ3n) is 1.41. The predicted octanol–water partition coefficient (Wildman–Crippen LogP) is 0.501. The SMILES string of the molecule is Nc1ccc(C(O)C=O)cc1. The van der Waals surface area contributed by atoms with Gasteiger partial charge in [-0.1, -0.05) is 12.1 Å². The van der Waals surface area contributed by atoms with Gasteiger partial charge in [0.1, 0.15) is 6.10 Å². The second kappa shape index (κ2) is 3.16. The lowest BCUT2D eigenvalue weighted by molar-refractivity contribution is -0.115. The Labute approximate surface area is 64.5 Å². The van der Waals surface area contributed by atoms with Crippen LogP contribution in [0, 0.1) is 0 Å². The van der Waals surface area contributed by atoms with Crippen LogP contribution in [-0.2, 0) is 4.79 Å². The lowest BCUT2D eigenvalue weighted by atomic mass is 10.1. The molecule has 0 spiro atoms. The second-order valence-corrected chi connectivity index (χ2v) is 2.25. The molecule has 58 valence electrons. The second-order valence-electron chi connectivity index (χ2n) is 2.25. The highest BCUT2D eigenvalue weighted by Crippen LogP contribution is 2.11. The average Bonchev–Trinajstić information content (AvgIpc) is 2.05. The molecule has 1 aromatic carbocycles. The van der Waals surface area contributed by atoms with Gasteiger partial charge in [0, 0.05) is 5.69 Å². The van der Waals surface area contributed by atoms with Gasteiger partial charge in [0.05, 0.1) is 0 Å². The molecule has 0 saturated carbocycles. The first-order valence-corrected chi connectivity index (χ1v) is 3.23. The van der Waals surface area contributed by atoms with E-state index in [1.54, 1.807) is 24.3 Å². The van der Waals surface area contributed by atoms with Gasteiger partial charge in [-0.15, -0.1) is 0 Å². The van der Waals surface area contributed by atoms with Crippen molar-refractivity contribution in [1.82, 2.24) is 0 Å². The Hall–Kier alpha value is -1.35. The highest BCUT2D eigenvalue weighted by Gasteiger charge is 2.03. The van der Waals surface area contributed by atoms with Crippen molar-refractivity contribution in [3.05, 3.63) is 29.8 Å². The van der Waals surface area contributed by atoms with E-state index in [0.29, 0.717) is 17.5 Å². The summed E-state index contributed by atoms with van der Waals surface area (Å²) >= 11 is 0. The minimum Gasteiger partial charge on any atom is -0.399 e. The van der Waals surface area contributed by atoms with Gasteiger partial charge in [0.15, 0.2) is 6.29 Å². The molecule has 3 nitrogen and oxygen atoms in total. The van der Waals surface area contributed by atoms with Gasteiger partial charge in [0.2, 0.25) is 0 Å². The number of aldehydes is 1. The molecule has 3 N–H and O–H groups in total. The number of rotatable bonds is 2. The first-order valence-electron chi connectivity index (χ1n) is 3.23. The zero-order valence-electron chi connectivity index (χ0n) is 5.90. The van der Waals surface area contributed by atoms with E-state index in [1.165, 1.54) is 0 Å². The maximum Gasteiger partial charge on any atom is 0.153 e. The molecule has 0 bridgehead atoms. The van der Waals surface area contributed by atoms with Crippen molar-refractivity contribution in [1.29, 1.82) is 0 Å². The Kier molecular flexibility index (Phi) is 2.23. The molecule has 1 unspecified atom stereocenters. The van der Waals surface area contributed by atoms with Crippen LogP contribution >= 0.6 is 0 Å². The number of carbonyl (C=O) groups is 1. The fraction of sp³-hybridized carbons (Fsp3) is 0.125. The number of nitrogen functional groups attached to an aromatic ring is 1. The molecule has 0 fully saturated rings. The molecular weight excluding hydrogens is 142 g/mol. The summed E-state index contributed by atoms with van der Waals surface area (Å²) in [6.07, 6.45) is -0.554. The van der Waals surface area contributed by atoms with Crippen molar-refractivity contribution in [2.24, 2.45) is 0 Å². The quantitative estimate of drug-likeness (QED) is 0.478. The van der Waals surface area contributed by atoms with Crippen molar-refractivity contribution in [2.75, 3.05) is 5.73 Å². The third-order valence-corrected chi connectivity index (χ3v) is 1.41. The standard InChI is InChI=1S/C8H9NO2/c9-7-3-1-6(2-4-7)8(11)5-10/h1-5,8,11H,9H2. The Balaban J connectivity index is 2.89. The minimum atomic E-state index is -1.03. The van der Waals surface area contributed by atoms with Gasteiger partial charge >= 0.3 is 0 Å². The lowest BCUT2D eigenvalue weighted by Gasteiger charge is -2.01. The van der Waals surface area contributed by atoms with Crippen LogP contribution in [0.2, 0.25) is 0 Å². The van der Waals surface area contributed by atoms with Crippen molar-refractivity contribution < 1.29 is 9.90 Å². The molecule has 3 heteroatoms. The third kappa shape index (κ3) is 1.78. The molecule has 0 aliphatic carbocycles. The minimum absolute atomic E-state index is 0.478. The van der Waals surface area contributed by atoms with Crippen LogP contribution in [0.5, 0.6) is 0 Å². The summed E-state index contributed by atoms with van der Waals surface area (Å²) in [5.41, 5.74) is 6.58. The molecular formula is C8H9NO2. The van der Waals surface area contributed by atoms with Crippen LogP contribution < -0.4 is 5.73 Å². The summed E-state index contributed by atoms with van der Waals surface area (Å²) in [5.74, 6) is 0. The Bertz CT molecular complexity index is 243. The number of hydrogen-bond donors (Lipinski definition) is 2. The van der Waals surface area contributed by atoms with Gasteiger partial charge in [-0.25, -0.2) is 0 Å². The van der Waals surface area contributed by atoms with E-state index in [9.17, 15) is 4.79 Å². The maximum absolute atomic E-state index is 10.1. The molecule has 1 aromatic rings. The Morgan fingerprint density at radius 2 is 1.91 bits per heavy atom. The maximum atomic E-state index is 10.1. The Morgan fingerprint density at radius 1 is 1.36 bits per heavy atom. The van der Waals surface area contributed by atoms with E-state index < -0.39 is 6.10 Å². The summed E-state index contributed by atoms with van der Waals surface area (Å²) < 4.78 is 0. The van der Waals surface area contributed by atoms with Crippen LogP contribution in [0.4, 0.5) is 5.69 Å². The highest BCUT2D eigenvalue weighted by molar-refractivity contribution is 5.60. The van der Waals surface area contributed by atoms with Gasteiger partial charge in [-0.2, -0.15) is 0 Å². The number of anilines is 1. The van der Waals surface area contributed by atoms with Crippen molar-refractivity contribution in [2.45, 2.75) is 6.10 Å². The first kappa shape index (κ1) is 7.75. The number of nitrogens with two attached hydrogens (primary N) is 1. The van der Waals surface area contributed by atoms with E-state index in [-0.39, 0.29) is 0 Å². The van der Waals surface area contributed by atoms with Crippen LogP contribution in [0.15, 0.2) is 24.3 Å². The van der Waals surface area contributed by atoms with E-state index >= 15 is 0 Å². The van der Waals surface area contributed by atoms with E-state index in [1.807, 2.05) is 0 Å². The number of aliphatic hydroxyl groups is 1. The monoisotopic (exact) mass is 151 g/mol. The molecule has 0 aliphatic rings. The summed E-state index contributed by atoms with van der Waals surface area (Å²) in [7, 11) is 0. The number of aliphatic hydroxyl groups excluding tert-OH is 1. The largest absolute Gasteiger partial charge is 0.399 e. The summed E-state index contributed by atoms with van der Waals surface area (Å²) in [4.78, 5) is 10.1. The zero-order valence-corrected chi connectivity index (χ0v) is 5.90. The van der Waals surface area contributed by atoms with E-state index in [2.05, 4.69) is 0 Å². The van der Waals surface area contributed by atoms with Crippen LogP contribution in [0.25, 0.3) is 0 Å². The molecule has 1 rings (SSSR count). The molecule has 0 saturated heterocycles. The lowest BCUT2D eigenvalue weighted by Crippen LogP contribution is -1.97. The molecule has 0 aromatic heterocycles. The highest BCUT2D eigenvalue weighted by atomic mass is 16.3. The number of carbonyl (C=O) groups excluding carboxylic acids is 1. The fourth-order valence-electron chi connectivity index (χ4n) is 0.772. The summed E-state index contributed by atoms with van der Waals surface area (Å²) in [5, 5.41) is 9.01. The van der Waals surface area contributed by atoms with Crippen molar-refractivity contribution in [3.63, 3.8) is 0 Å². The average molecular weight is 151 g/mol. The van der Waals surface area contributed by atoms with Crippen LogP contribution in [0.3, 0.4) is 0 Å². The van der Waals surface area contributed by atoms with Crippen LogP contribution in [-0.4, -0.2) is 11.4 Å². The normalized spacial score (nSPS) is 12.5. The van der Waals surface area contributed by atoms with Gasteiger partial charge < -0.3 is 15.6 Å². The zero-order chi connectivity index (χ0) is 8.27. The fourth-order valence-corrected chi connectivity index (χ4v) is 0.772. The molecule has 0 aliphatic heterocycles. The number of benzene rings is 1. The summed E-state index contributed by atoms with van der Waals surface area (Å²) in [6.45, 7) is 0. The smallest absolute Gasteiger partial charge is 0.153 e. The Morgan fingerprint density at radius 3 is 2.36 bits per heavy atom. The summed E-state index contributed by atoms with van der Waals surface area (Å²) in [6, 6.07) is 6.52. The van der Waals surface area contributed by atoms with Gasteiger partial charge in [-0.05, 0) is 17.7 Å². The van der Waals surface area contributed by atoms with E-state index in [4.69, 9.17) is 10.8 Å². The van der Waals surface area contributed by atoms with E-state index in [0.717, 1.165) is 0 Å². The molecule has 1 atom stereocenters. The van der Waals surface area contributed by atoms with Crippen molar-refractivity contribution in [3.8, 4) is 0 Å². The van der Waals surface area contributed by atoms with Crippen molar-refractivity contribution >= 4 is 12.0 Å². The topological polar surface area (TPSA) is 63.3 Å². The number of hydrogen-bond acceptors (Lipinski definition) is 3. The molecule has 0 radical (unpaired) electrons. The predicted molar refractivity (Wildman–Crippen MR) is 41.9 cm³/mol. The molecule has 0 amide bonds. The van der Waals surface area contributed by atoms with Gasteiger partial charge in [-0.3, -0.25) is 0 Å². The molecule has 11 heavy (non-hydrogen) atoms. The van der Waals surface area contributed by atoms with Crippen LogP contribution in [0.1, 0.15) is 11.7 Å².